The van der Waals surface area contributed by atoms with Gasteiger partial charge in [0, 0.05) is 17.7 Å². The number of nitrogens with one attached hydrogen (secondary N) is 1. The molecule has 0 aliphatic rings. The fourth-order valence-corrected chi connectivity index (χ4v) is 2.91. The number of ether oxygens (including phenoxy) is 2. The van der Waals surface area contributed by atoms with E-state index >= 15 is 0 Å². The molecule has 0 atom stereocenters. The molecule has 0 saturated heterocycles. The predicted octanol–water partition coefficient (Wildman–Crippen LogP) is 3.85. The summed E-state index contributed by atoms with van der Waals surface area (Å²) in [6, 6.07) is 19.3. The highest BCUT2D eigenvalue weighted by atomic mass is 16.5. The van der Waals surface area contributed by atoms with Gasteiger partial charge < -0.3 is 14.5 Å². The van der Waals surface area contributed by atoms with Gasteiger partial charge in [-0.05, 0) is 36.2 Å². The molecule has 3 rings (SSSR count). The van der Waals surface area contributed by atoms with Gasteiger partial charge >= 0.3 is 0 Å². The number of H-pyrrole nitrogens is 1. The summed E-state index contributed by atoms with van der Waals surface area (Å²) in [4.78, 5) is 14.7. The number of aromatic amines is 1. The fraction of sp³-hybridized carbons (Fsp3) is 0.182. The van der Waals surface area contributed by atoms with Crippen molar-refractivity contribution in [2.75, 3.05) is 13.7 Å². The van der Waals surface area contributed by atoms with Crippen molar-refractivity contribution < 1.29 is 9.47 Å². The van der Waals surface area contributed by atoms with Crippen LogP contribution in [0.2, 0.25) is 0 Å². The molecule has 0 unspecified atom stereocenters. The molecule has 0 aliphatic heterocycles. The Morgan fingerprint density at radius 3 is 2.56 bits per heavy atom. The van der Waals surface area contributed by atoms with Crippen molar-refractivity contribution in [3.63, 3.8) is 0 Å². The number of hydrogen-bond acceptors (Lipinski definition) is 4. The Morgan fingerprint density at radius 2 is 1.85 bits per heavy atom. The first-order valence-electron chi connectivity index (χ1n) is 8.61. The molecule has 136 valence electrons. The van der Waals surface area contributed by atoms with Crippen LogP contribution in [0.5, 0.6) is 11.5 Å². The molecule has 2 aromatic carbocycles. The minimum absolute atomic E-state index is 0.0837. The van der Waals surface area contributed by atoms with Crippen molar-refractivity contribution in [3.8, 4) is 28.7 Å². The Hall–Kier alpha value is -3.52. The first kappa shape index (κ1) is 18.3. The van der Waals surface area contributed by atoms with Crippen molar-refractivity contribution in [2.45, 2.75) is 13.3 Å². The van der Waals surface area contributed by atoms with Gasteiger partial charge in [0.15, 0.2) is 11.5 Å². The molecular formula is C22H20N2O3. The monoisotopic (exact) mass is 360 g/mol. The van der Waals surface area contributed by atoms with Gasteiger partial charge in [-0.3, -0.25) is 4.79 Å². The molecular weight excluding hydrogens is 340 g/mol. The fourth-order valence-electron chi connectivity index (χ4n) is 2.91. The average molecular weight is 360 g/mol. The maximum atomic E-state index is 12.0. The molecule has 0 bridgehead atoms. The van der Waals surface area contributed by atoms with E-state index in [1.165, 1.54) is 5.56 Å². The van der Waals surface area contributed by atoms with Gasteiger partial charge in [0.2, 0.25) is 0 Å². The quantitative estimate of drug-likeness (QED) is 0.724. The first-order chi connectivity index (χ1) is 13.1. The molecule has 1 N–H and O–H groups in total. The topological polar surface area (TPSA) is 75.1 Å². The van der Waals surface area contributed by atoms with Crippen molar-refractivity contribution in [1.82, 2.24) is 4.98 Å². The summed E-state index contributed by atoms with van der Waals surface area (Å²) in [7, 11) is 1.57. The lowest BCUT2D eigenvalue weighted by atomic mass is 10.0. The minimum atomic E-state index is -0.394. The number of rotatable bonds is 6. The van der Waals surface area contributed by atoms with Crippen LogP contribution in [0.1, 0.15) is 16.8 Å². The Kier molecular flexibility index (Phi) is 5.58. The lowest BCUT2D eigenvalue weighted by molar-refractivity contribution is 0.298. The summed E-state index contributed by atoms with van der Waals surface area (Å²) >= 11 is 0. The molecule has 27 heavy (non-hydrogen) atoms. The molecule has 0 spiro atoms. The summed E-state index contributed by atoms with van der Waals surface area (Å²) in [5.74, 6) is 1.18. The third kappa shape index (κ3) is 4.18. The first-order valence-corrected chi connectivity index (χ1v) is 8.61. The molecule has 5 heteroatoms. The van der Waals surface area contributed by atoms with Crippen molar-refractivity contribution in [1.29, 1.82) is 5.26 Å². The smallest absolute Gasteiger partial charge is 0.266 e. The van der Waals surface area contributed by atoms with Crippen LogP contribution >= 0.6 is 0 Å². The molecule has 0 saturated carbocycles. The number of nitrogens with zero attached hydrogens (tertiary/aromatic N) is 1. The van der Waals surface area contributed by atoms with Gasteiger partial charge in [-0.15, -0.1) is 0 Å². The number of aromatic nitrogens is 1. The van der Waals surface area contributed by atoms with Crippen LogP contribution < -0.4 is 15.0 Å². The van der Waals surface area contributed by atoms with E-state index in [0.717, 1.165) is 12.0 Å². The van der Waals surface area contributed by atoms with Crippen LogP contribution in [0.4, 0.5) is 0 Å². The molecule has 0 aliphatic carbocycles. The summed E-state index contributed by atoms with van der Waals surface area (Å²) in [5.41, 5.74) is 2.89. The number of nitriles is 1. The average Bonchev–Trinajstić information content (AvgIpc) is 2.68. The zero-order valence-corrected chi connectivity index (χ0v) is 15.3. The van der Waals surface area contributed by atoms with Gasteiger partial charge in [-0.25, -0.2) is 0 Å². The van der Waals surface area contributed by atoms with Gasteiger partial charge in [-0.1, -0.05) is 36.4 Å². The molecule has 0 amide bonds. The standard InChI is InChI=1S/C22H20N2O3/c1-15-12-18(19(14-23)22(25)24-15)17-8-9-20(21(13-17)26-2)27-11-10-16-6-4-3-5-7-16/h3-9,12-13H,10-11H2,1-2H3,(H,24,25). The van der Waals surface area contributed by atoms with Gasteiger partial charge in [0.05, 0.1) is 13.7 Å². The minimum Gasteiger partial charge on any atom is -0.493 e. The lowest BCUT2D eigenvalue weighted by Crippen LogP contribution is -2.12. The van der Waals surface area contributed by atoms with E-state index in [1.54, 1.807) is 32.2 Å². The highest BCUT2D eigenvalue weighted by Crippen LogP contribution is 2.33. The predicted molar refractivity (Wildman–Crippen MR) is 104 cm³/mol. The zero-order valence-electron chi connectivity index (χ0n) is 15.3. The molecule has 5 nitrogen and oxygen atoms in total. The molecule has 0 radical (unpaired) electrons. The van der Waals surface area contributed by atoms with Gasteiger partial charge in [0.1, 0.15) is 11.6 Å². The highest BCUT2D eigenvalue weighted by molar-refractivity contribution is 5.72. The number of pyridine rings is 1. The molecule has 0 fully saturated rings. The largest absolute Gasteiger partial charge is 0.493 e. The van der Waals surface area contributed by atoms with Crippen LogP contribution in [0.15, 0.2) is 59.4 Å². The Morgan fingerprint density at radius 1 is 1.07 bits per heavy atom. The van der Waals surface area contributed by atoms with Crippen LogP contribution in [0.25, 0.3) is 11.1 Å². The third-order valence-corrected chi connectivity index (χ3v) is 4.25. The maximum Gasteiger partial charge on any atom is 0.266 e. The third-order valence-electron chi connectivity index (χ3n) is 4.25. The molecule has 1 aromatic heterocycles. The van der Waals surface area contributed by atoms with Gasteiger partial charge in [-0.2, -0.15) is 5.26 Å². The SMILES string of the molecule is COc1cc(-c2cc(C)[nH]c(=O)c2C#N)ccc1OCCc1ccccc1. The van der Waals surface area contributed by atoms with Crippen LogP contribution in [-0.2, 0) is 6.42 Å². The number of hydrogen-bond donors (Lipinski definition) is 1. The highest BCUT2D eigenvalue weighted by Gasteiger charge is 2.13. The second kappa shape index (κ2) is 8.24. The summed E-state index contributed by atoms with van der Waals surface area (Å²) in [6.07, 6.45) is 0.789. The number of benzene rings is 2. The zero-order chi connectivity index (χ0) is 19.2. The van der Waals surface area contributed by atoms with E-state index in [0.29, 0.717) is 29.4 Å². The van der Waals surface area contributed by atoms with E-state index in [1.807, 2.05) is 30.3 Å². The van der Waals surface area contributed by atoms with Crippen LogP contribution in [0, 0.1) is 18.3 Å². The Bertz CT molecular complexity index is 1030. The van der Waals surface area contributed by atoms with Crippen LogP contribution in [0.3, 0.4) is 0 Å². The summed E-state index contributed by atoms with van der Waals surface area (Å²) < 4.78 is 11.3. The Labute approximate surface area is 157 Å². The Balaban J connectivity index is 1.85. The number of methoxy groups -OCH3 is 1. The second-order valence-corrected chi connectivity index (χ2v) is 6.13. The van der Waals surface area contributed by atoms with Gasteiger partial charge in [0.25, 0.3) is 5.56 Å². The van der Waals surface area contributed by atoms with E-state index < -0.39 is 5.56 Å². The summed E-state index contributed by atoms with van der Waals surface area (Å²) in [6.45, 7) is 2.30. The van der Waals surface area contributed by atoms with Crippen molar-refractivity contribution in [2.24, 2.45) is 0 Å². The van der Waals surface area contributed by atoms with Crippen molar-refractivity contribution in [3.05, 3.63) is 81.8 Å². The number of aryl methyl sites for hydroxylation is 1. The summed E-state index contributed by atoms with van der Waals surface area (Å²) in [5, 5.41) is 9.33. The normalized spacial score (nSPS) is 10.3. The molecule has 3 aromatic rings. The van der Waals surface area contributed by atoms with E-state index in [-0.39, 0.29) is 5.56 Å². The van der Waals surface area contributed by atoms with E-state index in [9.17, 15) is 10.1 Å². The second-order valence-electron chi connectivity index (χ2n) is 6.13. The van der Waals surface area contributed by atoms with E-state index in [4.69, 9.17) is 9.47 Å². The van der Waals surface area contributed by atoms with Crippen LogP contribution in [-0.4, -0.2) is 18.7 Å². The molecule has 1 heterocycles. The lowest BCUT2D eigenvalue weighted by Gasteiger charge is -2.13. The van der Waals surface area contributed by atoms with Crippen molar-refractivity contribution >= 4 is 0 Å². The van der Waals surface area contributed by atoms with E-state index in [2.05, 4.69) is 17.1 Å². The maximum absolute atomic E-state index is 12.0.